The fourth-order valence-electron chi connectivity index (χ4n) is 1.26. The van der Waals surface area contributed by atoms with Gasteiger partial charge in [0.2, 0.25) is 0 Å². The van der Waals surface area contributed by atoms with Gasteiger partial charge in [-0.15, -0.1) is 0 Å². The Morgan fingerprint density at radius 3 is 2.54 bits per heavy atom. The van der Waals surface area contributed by atoms with Crippen molar-refractivity contribution in [3.8, 4) is 0 Å². The third-order valence-electron chi connectivity index (χ3n) is 2.01. The number of rotatable bonds is 3. The van der Waals surface area contributed by atoms with Gasteiger partial charge in [-0.25, -0.2) is 0 Å². The Morgan fingerprint density at radius 2 is 2.15 bits per heavy atom. The fourth-order valence-corrected chi connectivity index (χ4v) is 1.26. The van der Waals surface area contributed by atoms with Crippen molar-refractivity contribution in [1.82, 2.24) is 0 Å². The number of methoxy groups -OCH3 is 2. The van der Waals surface area contributed by atoms with Gasteiger partial charge in [0.15, 0.2) is 6.10 Å². The zero-order chi connectivity index (χ0) is 9.90. The first-order valence-corrected chi connectivity index (χ1v) is 3.76. The minimum atomic E-state index is -1.58. The Labute approximate surface area is 75.8 Å². The fraction of sp³-hybridized carbons (Fsp3) is 0.500. The highest BCUT2D eigenvalue weighted by Crippen LogP contribution is 2.24. The first-order valence-electron chi connectivity index (χ1n) is 3.76. The average Bonchev–Trinajstić information content (AvgIpc) is 2.17. The van der Waals surface area contributed by atoms with Crippen LogP contribution >= 0.6 is 0 Å². The SMILES string of the molecule is COC1C=CC=CC1(OC)[N+](=O)[O-]. The van der Waals surface area contributed by atoms with Crippen molar-refractivity contribution in [3.05, 3.63) is 34.4 Å². The van der Waals surface area contributed by atoms with Crippen LogP contribution in [0.4, 0.5) is 0 Å². The van der Waals surface area contributed by atoms with Gasteiger partial charge in [0.05, 0.1) is 4.92 Å². The van der Waals surface area contributed by atoms with Crippen molar-refractivity contribution in [2.75, 3.05) is 14.2 Å². The topological polar surface area (TPSA) is 61.6 Å². The number of hydrogen-bond acceptors (Lipinski definition) is 4. The van der Waals surface area contributed by atoms with E-state index in [0.717, 1.165) is 0 Å². The number of hydrogen-bond donors (Lipinski definition) is 0. The second kappa shape index (κ2) is 3.68. The molecule has 5 nitrogen and oxygen atoms in total. The Morgan fingerprint density at radius 1 is 1.46 bits per heavy atom. The Hall–Kier alpha value is -1.20. The average molecular weight is 185 g/mol. The molecule has 1 rings (SSSR count). The van der Waals surface area contributed by atoms with Gasteiger partial charge < -0.3 is 9.47 Å². The molecule has 0 bridgehead atoms. The van der Waals surface area contributed by atoms with Gasteiger partial charge in [-0.1, -0.05) is 12.2 Å². The summed E-state index contributed by atoms with van der Waals surface area (Å²) < 4.78 is 9.84. The normalized spacial score (nSPS) is 32.0. The predicted octanol–water partition coefficient (Wildman–Crippen LogP) is 0.747. The summed E-state index contributed by atoms with van der Waals surface area (Å²) in [6.07, 6.45) is 5.54. The van der Waals surface area contributed by atoms with Gasteiger partial charge in [0.25, 0.3) is 0 Å². The number of allylic oxidation sites excluding steroid dienone is 2. The molecule has 2 unspecified atom stereocenters. The zero-order valence-electron chi connectivity index (χ0n) is 7.47. The van der Waals surface area contributed by atoms with E-state index in [1.165, 1.54) is 20.3 Å². The van der Waals surface area contributed by atoms with E-state index in [4.69, 9.17) is 9.47 Å². The van der Waals surface area contributed by atoms with Crippen molar-refractivity contribution in [3.63, 3.8) is 0 Å². The molecule has 0 saturated heterocycles. The molecule has 0 fully saturated rings. The lowest BCUT2D eigenvalue weighted by molar-refractivity contribution is -0.621. The number of ether oxygens (including phenoxy) is 2. The standard InChI is InChI=1S/C8H11NO4/c1-12-7-5-3-4-6-8(7,13-2)9(10)11/h3-7H,1-2H3. The summed E-state index contributed by atoms with van der Waals surface area (Å²) >= 11 is 0. The minimum absolute atomic E-state index is 0.499. The second-order valence-corrected chi connectivity index (χ2v) is 2.61. The van der Waals surface area contributed by atoms with Crippen molar-refractivity contribution in [1.29, 1.82) is 0 Å². The quantitative estimate of drug-likeness (QED) is 0.369. The van der Waals surface area contributed by atoms with E-state index >= 15 is 0 Å². The van der Waals surface area contributed by atoms with Crippen LogP contribution in [0, 0.1) is 10.1 Å². The van der Waals surface area contributed by atoms with Gasteiger partial charge in [-0.3, -0.25) is 10.1 Å². The van der Waals surface area contributed by atoms with Crippen LogP contribution in [-0.4, -0.2) is 31.0 Å². The highest BCUT2D eigenvalue weighted by molar-refractivity contribution is 5.20. The lowest BCUT2D eigenvalue weighted by atomic mass is 10.0. The third kappa shape index (κ3) is 1.48. The van der Waals surface area contributed by atoms with Crippen molar-refractivity contribution in [2.45, 2.75) is 11.8 Å². The summed E-state index contributed by atoms with van der Waals surface area (Å²) in [4.78, 5) is 10.3. The van der Waals surface area contributed by atoms with Gasteiger partial charge in [0, 0.05) is 20.3 Å². The smallest absolute Gasteiger partial charge is 0.367 e. The molecule has 0 aliphatic heterocycles. The summed E-state index contributed by atoms with van der Waals surface area (Å²) in [7, 11) is 2.70. The van der Waals surface area contributed by atoms with E-state index in [1.54, 1.807) is 18.2 Å². The molecule has 2 atom stereocenters. The van der Waals surface area contributed by atoms with Crippen LogP contribution in [0.5, 0.6) is 0 Å². The van der Waals surface area contributed by atoms with Gasteiger partial charge in [-0.2, -0.15) is 0 Å². The van der Waals surface area contributed by atoms with Gasteiger partial charge in [0.1, 0.15) is 0 Å². The first kappa shape index (κ1) is 9.88. The van der Waals surface area contributed by atoms with Crippen molar-refractivity contribution < 1.29 is 14.4 Å². The monoisotopic (exact) mass is 185 g/mol. The van der Waals surface area contributed by atoms with Crippen LogP contribution in [0.3, 0.4) is 0 Å². The maximum Gasteiger partial charge on any atom is 0.374 e. The molecule has 0 aromatic carbocycles. The maximum atomic E-state index is 10.8. The lowest BCUT2D eigenvalue weighted by Crippen LogP contribution is -2.50. The predicted molar refractivity (Wildman–Crippen MR) is 45.8 cm³/mol. The molecular formula is C8H11NO4. The lowest BCUT2D eigenvalue weighted by Gasteiger charge is -2.27. The van der Waals surface area contributed by atoms with Crippen LogP contribution in [0.2, 0.25) is 0 Å². The van der Waals surface area contributed by atoms with E-state index in [9.17, 15) is 10.1 Å². The molecule has 0 radical (unpaired) electrons. The molecule has 0 saturated carbocycles. The Kier molecular flexibility index (Phi) is 2.79. The molecule has 0 spiro atoms. The summed E-state index contributed by atoms with van der Waals surface area (Å²) in [6, 6.07) is 0. The van der Waals surface area contributed by atoms with E-state index in [1.807, 2.05) is 0 Å². The molecule has 1 aliphatic rings. The zero-order valence-corrected chi connectivity index (χ0v) is 7.47. The van der Waals surface area contributed by atoms with Crippen LogP contribution < -0.4 is 0 Å². The van der Waals surface area contributed by atoms with E-state index in [-0.39, 0.29) is 0 Å². The summed E-state index contributed by atoms with van der Waals surface area (Å²) in [5.74, 6) is 0. The van der Waals surface area contributed by atoms with E-state index in [0.29, 0.717) is 0 Å². The highest BCUT2D eigenvalue weighted by Gasteiger charge is 2.49. The second-order valence-electron chi connectivity index (χ2n) is 2.61. The summed E-state index contributed by atoms with van der Waals surface area (Å²) in [5, 5.41) is 10.8. The molecule has 0 N–H and O–H groups in total. The van der Waals surface area contributed by atoms with Crippen LogP contribution in [0.25, 0.3) is 0 Å². The number of nitro groups is 1. The minimum Gasteiger partial charge on any atom is -0.367 e. The van der Waals surface area contributed by atoms with Crippen LogP contribution in [0.1, 0.15) is 0 Å². The highest BCUT2D eigenvalue weighted by atomic mass is 16.7. The molecule has 1 aliphatic carbocycles. The van der Waals surface area contributed by atoms with Gasteiger partial charge >= 0.3 is 5.72 Å². The molecule has 0 aromatic rings. The van der Waals surface area contributed by atoms with Gasteiger partial charge in [-0.05, 0) is 6.08 Å². The molecule has 0 amide bonds. The van der Waals surface area contributed by atoms with E-state index < -0.39 is 16.8 Å². The molecular weight excluding hydrogens is 174 g/mol. The van der Waals surface area contributed by atoms with E-state index in [2.05, 4.69) is 0 Å². The molecule has 0 aromatic heterocycles. The Bertz CT molecular complexity index is 261. The number of nitrogens with zero attached hydrogens (tertiary/aromatic N) is 1. The molecule has 5 heteroatoms. The van der Waals surface area contributed by atoms with Crippen molar-refractivity contribution in [2.24, 2.45) is 0 Å². The summed E-state index contributed by atoms with van der Waals surface area (Å²) in [6.45, 7) is 0. The Balaban J connectivity index is 3.02. The molecule has 13 heavy (non-hydrogen) atoms. The summed E-state index contributed by atoms with van der Waals surface area (Å²) in [5.41, 5.74) is -1.58. The molecule has 72 valence electrons. The first-order chi connectivity index (χ1) is 6.17. The van der Waals surface area contributed by atoms with Crippen LogP contribution in [0.15, 0.2) is 24.3 Å². The maximum absolute atomic E-state index is 10.8. The van der Waals surface area contributed by atoms with Crippen molar-refractivity contribution >= 4 is 0 Å². The molecule has 0 heterocycles. The largest absolute Gasteiger partial charge is 0.374 e. The third-order valence-corrected chi connectivity index (χ3v) is 2.01. The van der Waals surface area contributed by atoms with Crippen LogP contribution in [-0.2, 0) is 9.47 Å².